The molecule has 6 nitrogen and oxygen atoms in total. The van der Waals surface area contributed by atoms with Crippen molar-refractivity contribution in [3.05, 3.63) is 28.0 Å². The van der Waals surface area contributed by atoms with Gasteiger partial charge in [0.2, 0.25) is 0 Å². The molecule has 0 N–H and O–H groups in total. The normalized spacial score (nSPS) is 10.5. The SMILES string of the molecule is CCc1c(C(=O)OC)nnn1Cc1nccs1. The molecule has 0 aliphatic heterocycles. The van der Waals surface area contributed by atoms with Crippen molar-refractivity contribution in [1.82, 2.24) is 20.0 Å². The molecule has 0 amide bonds. The molecule has 7 heteroatoms. The summed E-state index contributed by atoms with van der Waals surface area (Å²) in [4.78, 5) is 15.6. The largest absolute Gasteiger partial charge is 0.464 e. The molecule has 0 atom stereocenters. The van der Waals surface area contributed by atoms with Gasteiger partial charge in [-0.3, -0.25) is 0 Å². The first-order valence-electron chi connectivity index (χ1n) is 5.15. The van der Waals surface area contributed by atoms with Crippen LogP contribution in [-0.4, -0.2) is 33.1 Å². The second kappa shape index (κ2) is 5.05. The third-order valence-electron chi connectivity index (χ3n) is 2.32. The van der Waals surface area contributed by atoms with E-state index in [0.29, 0.717) is 13.0 Å². The van der Waals surface area contributed by atoms with Crippen LogP contribution in [0, 0.1) is 0 Å². The summed E-state index contributed by atoms with van der Waals surface area (Å²) in [6.45, 7) is 2.48. The second-order valence-corrected chi connectivity index (χ2v) is 4.29. The lowest BCUT2D eigenvalue weighted by atomic mass is 10.2. The highest BCUT2D eigenvalue weighted by atomic mass is 32.1. The topological polar surface area (TPSA) is 69.9 Å². The van der Waals surface area contributed by atoms with Gasteiger partial charge >= 0.3 is 5.97 Å². The number of esters is 1. The van der Waals surface area contributed by atoms with Crippen LogP contribution in [0.3, 0.4) is 0 Å². The van der Waals surface area contributed by atoms with Gasteiger partial charge in [-0.05, 0) is 6.42 Å². The lowest BCUT2D eigenvalue weighted by Crippen LogP contribution is -2.09. The number of carbonyl (C=O) groups is 1. The average molecular weight is 252 g/mol. The smallest absolute Gasteiger partial charge is 0.360 e. The molecule has 2 heterocycles. The van der Waals surface area contributed by atoms with E-state index in [1.54, 1.807) is 22.2 Å². The van der Waals surface area contributed by atoms with E-state index in [-0.39, 0.29) is 5.69 Å². The highest BCUT2D eigenvalue weighted by Gasteiger charge is 2.19. The molecule has 0 aliphatic rings. The number of hydrogen-bond donors (Lipinski definition) is 0. The minimum atomic E-state index is -0.452. The van der Waals surface area contributed by atoms with Crippen molar-refractivity contribution in [3.63, 3.8) is 0 Å². The Kier molecular flexibility index (Phi) is 3.48. The Morgan fingerprint density at radius 1 is 1.59 bits per heavy atom. The summed E-state index contributed by atoms with van der Waals surface area (Å²) in [6.07, 6.45) is 2.41. The predicted octanol–water partition coefficient (Wildman–Crippen LogP) is 1.13. The number of hydrogen-bond acceptors (Lipinski definition) is 6. The summed E-state index contributed by atoms with van der Waals surface area (Å²) in [5, 5.41) is 10.7. The van der Waals surface area contributed by atoms with Gasteiger partial charge in [0.05, 0.1) is 19.3 Å². The van der Waals surface area contributed by atoms with Crippen molar-refractivity contribution in [2.45, 2.75) is 19.9 Å². The van der Waals surface area contributed by atoms with Gasteiger partial charge in [0.1, 0.15) is 5.01 Å². The summed E-state index contributed by atoms with van der Waals surface area (Å²) in [7, 11) is 1.33. The van der Waals surface area contributed by atoms with Gasteiger partial charge < -0.3 is 4.74 Å². The van der Waals surface area contributed by atoms with Crippen LogP contribution in [-0.2, 0) is 17.7 Å². The Balaban J connectivity index is 2.29. The Morgan fingerprint density at radius 3 is 3.00 bits per heavy atom. The zero-order chi connectivity index (χ0) is 12.3. The molecule has 2 aromatic rings. The molecule has 0 saturated carbocycles. The van der Waals surface area contributed by atoms with Crippen molar-refractivity contribution >= 4 is 17.3 Å². The number of ether oxygens (including phenoxy) is 1. The number of aromatic nitrogens is 4. The third-order valence-corrected chi connectivity index (χ3v) is 3.08. The average Bonchev–Trinajstić information content (AvgIpc) is 2.97. The zero-order valence-corrected chi connectivity index (χ0v) is 10.4. The minimum Gasteiger partial charge on any atom is -0.464 e. The fourth-order valence-corrected chi connectivity index (χ4v) is 2.12. The lowest BCUT2D eigenvalue weighted by molar-refractivity contribution is 0.0592. The van der Waals surface area contributed by atoms with Crippen molar-refractivity contribution in [2.24, 2.45) is 0 Å². The van der Waals surface area contributed by atoms with E-state index in [2.05, 4.69) is 20.0 Å². The summed E-state index contributed by atoms with van der Waals surface area (Å²) in [6, 6.07) is 0. The fourth-order valence-electron chi connectivity index (χ4n) is 1.52. The lowest BCUT2D eigenvalue weighted by Gasteiger charge is -2.02. The van der Waals surface area contributed by atoms with Gasteiger partial charge in [-0.15, -0.1) is 16.4 Å². The molecule has 0 radical (unpaired) electrons. The zero-order valence-electron chi connectivity index (χ0n) is 9.58. The molecule has 90 valence electrons. The Bertz CT molecular complexity index is 506. The quantitative estimate of drug-likeness (QED) is 0.763. The van der Waals surface area contributed by atoms with Crippen LogP contribution in [0.5, 0.6) is 0 Å². The Hall–Kier alpha value is -1.76. The first kappa shape index (κ1) is 11.7. The first-order chi connectivity index (χ1) is 8.26. The number of methoxy groups -OCH3 is 1. The maximum absolute atomic E-state index is 11.5. The van der Waals surface area contributed by atoms with Crippen LogP contribution in [0.15, 0.2) is 11.6 Å². The molecule has 0 unspecified atom stereocenters. The fraction of sp³-hybridized carbons (Fsp3) is 0.400. The van der Waals surface area contributed by atoms with Crippen LogP contribution in [0.2, 0.25) is 0 Å². The molecular formula is C10H12N4O2S. The summed E-state index contributed by atoms with van der Waals surface area (Å²) >= 11 is 1.54. The van der Waals surface area contributed by atoms with E-state index < -0.39 is 5.97 Å². The van der Waals surface area contributed by atoms with E-state index in [0.717, 1.165) is 10.7 Å². The summed E-state index contributed by atoms with van der Waals surface area (Å²) < 4.78 is 6.35. The number of thiazole rings is 1. The first-order valence-corrected chi connectivity index (χ1v) is 6.03. The van der Waals surface area contributed by atoms with E-state index in [1.165, 1.54) is 7.11 Å². The van der Waals surface area contributed by atoms with E-state index in [1.807, 2.05) is 12.3 Å². The van der Waals surface area contributed by atoms with Crippen molar-refractivity contribution in [3.8, 4) is 0 Å². The van der Waals surface area contributed by atoms with Crippen LogP contribution in [0.4, 0.5) is 0 Å². The Labute approximate surface area is 102 Å². The molecular weight excluding hydrogens is 240 g/mol. The molecule has 0 aliphatic carbocycles. The summed E-state index contributed by atoms with van der Waals surface area (Å²) in [5.74, 6) is -0.452. The Morgan fingerprint density at radius 2 is 2.41 bits per heavy atom. The predicted molar refractivity (Wildman–Crippen MR) is 62.0 cm³/mol. The summed E-state index contributed by atoms with van der Waals surface area (Å²) in [5.41, 5.74) is 1.05. The van der Waals surface area contributed by atoms with Gasteiger partial charge in [-0.1, -0.05) is 12.1 Å². The number of rotatable bonds is 4. The van der Waals surface area contributed by atoms with Crippen molar-refractivity contribution in [2.75, 3.05) is 7.11 Å². The van der Waals surface area contributed by atoms with E-state index in [4.69, 9.17) is 0 Å². The third kappa shape index (κ3) is 2.33. The minimum absolute atomic E-state index is 0.284. The molecule has 0 fully saturated rings. The van der Waals surface area contributed by atoms with E-state index >= 15 is 0 Å². The van der Waals surface area contributed by atoms with Gasteiger partial charge in [-0.2, -0.15) is 0 Å². The second-order valence-electron chi connectivity index (χ2n) is 3.31. The molecule has 0 saturated heterocycles. The van der Waals surface area contributed by atoms with Gasteiger partial charge in [0.25, 0.3) is 0 Å². The van der Waals surface area contributed by atoms with E-state index in [9.17, 15) is 4.79 Å². The number of nitrogens with zero attached hydrogens (tertiary/aromatic N) is 4. The van der Waals surface area contributed by atoms with Gasteiger partial charge in [0, 0.05) is 11.6 Å². The molecule has 17 heavy (non-hydrogen) atoms. The maximum atomic E-state index is 11.5. The number of carbonyl (C=O) groups excluding carboxylic acids is 1. The highest BCUT2D eigenvalue weighted by molar-refractivity contribution is 7.09. The van der Waals surface area contributed by atoms with Gasteiger partial charge in [0.15, 0.2) is 5.69 Å². The molecule has 2 rings (SSSR count). The standard InChI is InChI=1S/C10H12N4O2S/c1-3-7-9(10(15)16-2)12-13-14(7)6-8-11-4-5-17-8/h4-5H,3,6H2,1-2H3. The van der Waals surface area contributed by atoms with Crippen LogP contribution in [0.25, 0.3) is 0 Å². The molecule has 2 aromatic heterocycles. The van der Waals surface area contributed by atoms with Crippen LogP contribution < -0.4 is 0 Å². The molecule has 0 aromatic carbocycles. The van der Waals surface area contributed by atoms with Crippen molar-refractivity contribution < 1.29 is 9.53 Å². The molecule has 0 bridgehead atoms. The highest BCUT2D eigenvalue weighted by Crippen LogP contribution is 2.12. The van der Waals surface area contributed by atoms with Crippen LogP contribution in [0.1, 0.15) is 28.1 Å². The maximum Gasteiger partial charge on any atom is 0.360 e. The van der Waals surface area contributed by atoms with Crippen LogP contribution >= 0.6 is 11.3 Å². The van der Waals surface area contributed by atoms with Crippen molar-refractivity contribution in [1.29, 1.82) is 0 Å². The molecule has 0 spiro atoms. The monoisotopic (exact) mass is 252 g/mol. The van der Waals surface area contributed by atoms with Gasteiger partial charge in [-0.25, -0.2) is 14.5 Å².